The van der Waals surface area contributed by atoms with Crippen molar-refractivity contribution in [1.82, 2.24) is 24.2 Å². The molecule has 3 atom stereocenters. The quantitative estimate of drug-likeness (QED) is 0.273. The lowest BCUT2D eigenvalue weighted by atomic mass is 9.94. The number of hydrogen-bond donors (Lipinski definition) is 1. The first-order valence-corrected chi connectivity index (χ1v) is 18.7. The van der Waals surface area contributed by atoms with Gasteiger partial charge in [0.1, 0.15) is 41.4 Å². The Labute approximate surface area is 283 Å². The number of aromatic hydroxyl groups is 1. The Balaban J connectivity index is 1.25. The smallest absolute Gasteiger partial charge is 0.319 e. The van der Waals surface area contributed by atoms with Gasteiger partial charge in [-0.05, 0) is 79.6 Å². The first kappa shape index (κ1) is 32.5. The highest BCUT2D eigenvalue weighted by Crippen LogP contribution is 2.42. The second kappa shape index (κ2) is 12.2. The highest BCUT2D eigenvalue weighted by Gasteiger charge is 2.49. The number of benzene rings is 2. The Morgan fingerprint density at radius 3 is 2.73 bits per heavy atom. The maximum atomic E-state index is 17.0. The monoisotopic (exact) mass is 696 g/mol. The molecule has 0 radical (unpaired) electrons. The Bertz CT molecular complexity index is 2070. The van der Waals surface area contributed by atoms with Crippen LogP contribution in [0.2, 0.25) is 0 Å². The number of nitrogens with zero attached hydrogens (tertiary/aromatic N) is 6. The Morgan fingerprint density at radius 1 is 1.08 bits per heavy atom. The van der Waals surface area contributed by atoms with Crippen LogP contribution in [0.15, 0.2) is 30.5 Å². The van der Waals surface area contributed by atoms with Crippen LogP contribution in [0, 0.1) is 11.6 Å². The molecule has 4 aromatic rings. The molecule has 0 bridgehead atoms. The van der Waals surface area contributed by atoms with E-state index in [1.807, 2.05) is 11.8 Å². The van der Waals surface area contributed by atoms with Crippen LogP contribution < -0.4 is 9.64 Å². The molecule has 8 rings (SSSR count). The molecular weight excluding hydrogens is 657 g/mol. The van der Waals surface area contributed by atoms with Crippen LogP contribution in [0.1, 0.15) is 51.0 Å². The summed E-state index contributed by atoms with van der Waals surface area (Å²) in [5.74, 6) is -0.849. The van der Waals surface area contributed by atoms with Crippen LogP contribution in [-0.2, 0) is 16.4 Å². The molecule has 6 heterocycles. The van der Waals surface area contributed by atoms with Crippen molar-refractivity contribution < 1.29 is 31.4 Å². The molecule has 1 N–H and O–H groups in total. The molecule has 4 aliphatic heterocycles. The molecule has 0 spiro atoms. The molecule has 4 aliphatic rings. The van der Waals surface area contributed by atoms with Crippen molar-refractivity contribution in [3.8, 4) is 23.0 Å². The SMILES string of the molecule is CCc1c(F)ccc2cc(O)cc(-c3ncc4c(N5CCCC(N6CCCS6(=O)=O)C5)nc(OC[C@@]56CCCN5C[C@H](F)C6)nc4c3F)c12. The van der Waals surface area contributed by atoms with Gasteiger partial charge in [-0.1, -0.05) is 13.0 Å². The van der Waals surface area contributed by atoms with Crippen molar-refractivity contribution >= 4 is 37.5 Å². The van der Waals surface area contributed by atoms with Crippen molar-refractivity contribution in [2.24, 2.45) is 0 Å². The summed E-state index contributed by atoms with van der Waals surface area (Å²) < 4.78 is 80.0. The van der Waals surface area contributed by atoms with E-state index < -0.39 is 33.4 Å². The third-order valence-corrected chi connectivity index (χ3v) is 12.9. The van der Waals surface area contributed by atoms with E-state index in [0.29, 0.717) is 85.8 Å². The number of alkyl halides is 1. The van der Waals surface area contributed by atoms with E-state index in [-0.39, 0.29) is 46.9 Å². The fraction of sp³-hybridized carbons (Fsp3) is 0.514. The minimum atomic E-state index is -3.35. The van der Waals surface area contributed by atoms with Gasteiger partial charge in [0.25, 0.3) is 0 Å². The molecule has 2 aromatic heterocycles. The number of phenolic OH excluding ortho intramolecular Hbond substituents is 1. The van der Waals surface area contributed by atoms with E-state index >= 15 is 8.78 Å². The van der Waals surface area contributed by atoms with Gasteiger partial charge in [-0.25, -0.2) is 21.6 Å². The number of piperidine rings is 1. The largest absolute Gasteiger partial charge is 0.508 e. The number of phenols is 1. The highest BCUT2D eigenvalue weighted by atomic mass is 32.2. The summed E-state index contributed by atoms with van der Waals surface area (Å²) in [5, 5.41) is 11.9. The van der Waals surface area contributed by atoms with Crippen molar-refractivity contribution in [2.45, 2.75) is 69.6 Å². The third-order valence-electron chi connectivity index (χ3n) is 10.9. The molecule has 260 valence electrons. The summed E-state index contributed by atoms with van der Waals surface area (Å²) in [6.07, 6.45) is 4.88. The molecule has 10 nitrogen and oxygen atoms in total. The first-order valence-electron chi connectivity index (χ1n) is 17.1. The lowest BCUT2D eigenvalue weighted by molar-refractivity contribution is 0.107. The highest BCUT2D eigenvalue weighted by molar-refractivity contribution is 7.89. The molecule has 14 heteroatoms. The van der Waals surface area contributed by atoms with Gasteiger partial charge in [-0.2, -0.15) is 14.3 Å². The van der Waals surface area contributed by atoms with Crippen LogP contribution in [0.3, 0.4) is 0 Å². The van der Waals surface area contributed by atoms with Crippen molar-refractivity contribution in [1.29, 1.82) is 0 Å². The summed E-state index contributed by atoms with van der Waals surface area (Å²) in [4.78, 5) is 17.9. The van der Waals surface area contributed by atoms with Crippen LogP contribution in [0.5, 0.6) is 11.8 Å². The minimum Gasteiger partial charge on any atom is -0.508 e. The van der Waals surface area contributed by atoms with Gasteiger partial charge in [0.15, 0.2) is 5.82 Å². The number of ether oxygens (including phenoxy) is 1. The second-order valence-corrected chi connectivity index (χ2v) is 15.9. The van der Waals surface area contributed by atoms with Gasteiger partial charge in [-0.15, -0.1) is 0 Å². The average Bonchev–Trinajstić information content (AvgIpc) is 3.74. The first-order chi connectivity index (χ1) is 23.6. The van der Waals surface area contributed by atoms with E-state index in [1.54, 1.807) is 10.4 Å². The van der Waals surface area contributed by atoms with Gasteiger partial charge in [0.05, 0.1) is 16.7 Å². The standard InChI is InChI=1S/C35H39F3N6O4S/c1-2-25-28(37)8-7-21-14-24(45)15-26(29(21)25)31-30(38)32-27(17-39-31)33(42-10-3-6-23(19-42)44-12-5-13-49(44,46)47)41-34(40-32)48-20-35-9-4-11-43(35)18-22(36)16-35/h7-8,14-15,17,22-23,45H,2-6,9-13,16,18-20H2,1H3/t22-,23?,35+/m1/s1. The van der Waals surface area contributed by atoms with Crippen molar-refractivity contribution in [3.05, 3.63) is 47.7 Å². The van der Waals surface area contributed by atoms with Crippen LogP contribution >= 0.6 is 0 Å². The van der Waals surface area contributed by atoms with Crippen molar-refractivity contribution in [3.63, 3.8) is 0 Å². The molecule has 1 unspecified atom stereocenters. The van der Waals surface area contributed by atoms with Crippen molar-refractivity contribution in [2.75, 3.05) is 50.0 Å². The fourth-order valence-corrected chi connectivity index (χ4v) is 10.4. The Hall–Kier alpha value is -3.75. The van der Waals surface area contributed by atoms with E-state index in [4.69, 9.17) is 9.72 Å². The molecular formula is C35H39F3N6O4S. The summed E-state index contributed by atoms with van der Waals surface area (Å²) in [5.41, 5.74) is -0.0592. The normalized spacial score (nSPS) is 25.8. The molecule has 49 heavy (non-hydrogen) atoms. The predicted octanol–water partition coefficient (Wildman–Crippen LogP) is 5.35. The zero-order valence-electron chi connectivity index (χ0n) is 27.3. The maximum absolute atomic E-state index is 17.0. The number of anilines is 1. The van der Waals surface area contributed by atoms with Crippen LogP contribution in [0.4, 0.5) is 19.0 Å². The summed E-state index contributed by atoms with van der Waals surface area (Å²) >= 11 is 0. The zero-order chi connectivity index (χ0) is 34.1. The van der Waals surface area contributed by atoms with E-state index in [9.17, 15) is 17.9 Å². The number of pyridine rings is 1. The number of sulfonamides is 1. The Kier molecular flexibility index (Phi) is 8.10. The molecule has 4 saturated heterocycles. The number of aryl methyl sites for hydroxylation is 1. The van der Waals surface area contributed by atoms with E-state index in [0.717, 1.165) is 19.4 Å². The zero-order valence-corrected chi connectivity index (χ0v) is 28.2. The lowest BCUT2D eigenvalue weighted by Crippen LogP contribution is -2.49. The molecule has 0 aliphatic carbocycles. The molecule has 0 saturated carbocycles. The Morgan fingerprint density at radius 2 is 1.94 bits per heavy atom. The van der Waals surface area contributed by atoms with Gasteiger partial charge in [0, 0.05) is 50.4 Å². The van der Waals surface area contributed by atoms with Gasteiger partial charge < -0.3 is 14.7 Å². The fourth-order valence-electron chi connectivity index (χ4n) is 8.65. The number of halogens is 3. The predicted molar refractivity (Wildman–Crippen MR) is 180 cm³/mol. The number of aromatic nitrogens is 3. The molecule has 4 fully saturated rings. The lowest BCUT2D eigenvalue weighted by Gasteiger charge is -2.37. The van der Waals surface area contributed by atoms with Gasteiger partial charge >= 0.3 is 6.01 Å². The summed E-state index contributed by atoms with van der Waals surface area (Å²) in [6.45, 7) is 4.45. The van der Waals surface area contributed by atoms with Gasteiger partial charge in [-0.3, -0.25) is 9.88 Å². The number of hydrogen-bond acceptors (Lipinski definition) is 9. The topological polar surface area (TPSA) is 112 Å². The average molecular weight is 697 g/mol. The van der Waals surface area contributed by atoms with E-state index in [2.05, 4.69) is 14.9 Å². The minimum absolute atomic E-state index is 0.0672. The van der Waals surface area contributed by atoms with Crippen LogP contribution in [0.25, 0.3) is 32.9 Å². The maximum Gasteiger partial charge on any atom is 0.319 e. The van der Waals surface area contributed by atoms with Gasteiger partial charge in [0.2, 0.25) is 10.0 Å². The number of rotatable bonds is 7. The molecule has 0 amide bonds. The van der Waals surface area contributed by atoms with E-state index in [1.165, 1.54) is 24.4 Å². The number of fused-ring (bicyclic) bond motifs is 3. The summed E-state index contributed by atoms with van der Waals surface area (Å²) in [7, 11) is -3.35. The molecule has 2 aromatic carbocycles. The van der Waals surface area contributed by atoms with Crippen LogP contribution in [-0.4, -0.2) is 101 Å². The third kappa shape index (κ3) is 5.55. The summed E-state index contributed by atoms with van der Waals surface area (Å²) in [6, 6.07) is 5.43. The second-order valence-electron chi connectivity index (χ2n) is 13.9.